The molecule has 1 saturated heterocycles. The standard InChI is InChI=1S/C28H24F4N4O3/c1-26-11-12-27(2,39-3)22-23(26)35(14-19(37)33-22)25(38)36-21(16-5-4-6-18(29)13-16)20(34-24(26)36)15-7-9-17(10-8-15)28(30,31)32/h4-13,20-21H,14H2,1-3H3,(H,33,37). The first-order valence-corrected chi connectivity index (χ1v) is 12.3. The van der Waals surface area contributed by atoms with Gasteiger partial charge in [0.2, 0.25) is 5.91 Å². The number of nitrogens with one attached hydrogen (secondary N) is 1. The van der Waals surface area contributed by atoms with Crippen molar-refractivity contribution in [1.29, 1.82) is 0 Å². The van der Waals surface area contributed by atoms with Gasteiger partial charge in [-0.2, -0.15) is 13.2 Å². The lowest BCUT2D eigenvalue weighted by Crippen LogP contribution is -2.65. The van der Waals surface area contributed by atoms with E-state index in [0.29, 0.717) is 28.4 Å². The normalized spacial score (nSPS) is 29.8. The number of fused-ring (bicyclic) bond motifs is 2. The predicted molar refractivity (Wildman–Crippen MR) is 133 cm³/mol. The first kappa shape index (κ1) is 25.3. The minimum atomic E-state index is -4.52. The van der Waals surface area contributed by atoms with E-state index in [1.165, 1.54) is 47.2 Å². The van der Waals surface area contributed by atoms with E-state index in [2.05, 4.69) is 5.32 Å². The van der Waals surface area contributed by atoms with Crippen LogP contribution in [-0.4, -0.2) is 46.8 Å². The number of nitrogens with zero attached hydrogens (tertiary/aromatic N) is 3. The summed E-state index contributed by atoms with van der Waals surface area (Å²) in [5.41, 5.74) is -1.04. The van der Waals surface area contributed by atoms with Gasteiger partial charge >= 0.3 is 12.2 Å². The summed E-state index contributed by atoms with van der Waals surface area (Å²) < 4.78 is 59.9. The fraction of sp³-hybridized carbons (Fsp3) is 0.321. The van der Waals surface area contributed by atoms with Crippen LogP contribution in [0.25, 0.3) is 0 Å². The lowest BCUT2D eigenvalue weighted by Gasteiger charge is -2.53. The lowest BCUT2D eigenvalue weighted by atomic mass is 9.72. The molecule has 1 aliphatic carbocycles. The van der Waals surface area contributed by atoms with Crippen LogP contribution >= 0.6 is 0 Å². The van der Waals surface area contributed by atoms with Crippen LogP contribution in [0.2, 0.25) is 0 Å². The minimum Gasteiger partial charge on any atom is -0.368 e. The Kier molecular flexibility index (Phi) is 5.35. The third-order valence-electron chi connectivity index (χ3n) is 7.96. The molecule has 1 N–H and O–H groups in total. The second kappa shape index (κ2) is 8.25. The summed E-state index contributed by atoms with van der Waals surface area (Å²) in [6.07, 6.45) is -0.875. The third-order valence-corrected chi connectivity index (χ3v) is 7.96. The van der Waals surface area contributed by atoms with Crippen molar-refractivity contribution in [2.75, 3.05) is 13.7 Å². The summed E-state index contributed by atoms with van der Waals surface area (Å²) in [6.45, 7) is 3.38. The average Bonchev–Trinajstić information content (AvgIpc) is 3.31. The smallest absolute Gasteiger partial charge is 0.368 e. The highest BCUT2D eigenvalue weighted by Crippen LogP contribution is 2.55. The molecule has 1 fully saturated rings. The second-order valence-corrected chi connectivity index (χ2v) is 10.4. The summed E-state index contributed by atoms with van der Waals surface area (Å²) in [5.74, 6) is -0.582. The van der Waals surface area contributed by atoms with Crippen molar-refractivity contribution in [3.63, 3.8) is 0 Å². The minimum absolute atomic E-state index is 0.245. The number of urea groups is 1. The first-order chi connectivity index (χ1) is 18.4. The van der Waals surface area contributed by atoms with Crippen LogP contribution in [0, 0.1) is 11.2 Å². The SMILES string of the molecule is COC1(C)C=CC2(C)C3=NC(c4ccc(C(F)(F)F)cc4)C(c4cccc(F)c4)N3C(=O)N3CC(=O)NC1=C32. The highest BCUT2D eigenvalue weighted by molar-refractivity contribution is 6.10. The predicted octanol–water partition coefficient (Wildman–Crippen LogP) is 5.10. The maximum Gasteiger partial charge on any atom is 0.416 e. The average molecular weight is 541 g/mol. The highest BCUT2D eigenvalue weighted by Gasteiger charge is 2.60. The van der Waals surface area contributed by atoms with Crippen molar-refractivity contribution < 1.29 is 31.9 Å². The van der Waals surface area contributed by atoms with Gasteiger partial charge in [0.25, 0.3) is 0 Å². The first-order valence-electron chi connectivity index (χ1n) is 12.3. The summed E-state index contributed by atoms with van der Waals surface area (Å²) in [6, 6.07) is 8.07. The van der Waals surface area contributed by atoms with Gasteiger partial charge in [0.05, 0.1) is 28.4 Å². The molecule has 4 aliphatic rings. The fourth-order valence-electron chi connectivity index (χ4n) is 5.91. The van der Waals surface area contributed by atoms with Crippen molar-refractivity contribution >= 4 is 17.8 Å². The number of rotatable bonds is 3. The Balaban J connectivity index is 1.56. The summed E-state index contributed by atoms with van der Waals surface area (Å²) in [7, 11) is 1.50. The molecule has 3 heterocycles. The number of alkyl halides is 3. The van der Waals surface area contributed by atoms with Crippen molar-refractivity contribution in [1.82, 2.24) is 15.1 Å². The zero-order chi connectivity index (χ0) is 27.9. The van der Waals surface area contributed by atoms with E-state index >= 15 is 0 Å². The molecule has 202 valence electrons. The molecule has 4 atom stereocenters. The van der Waals surface area contributed by atoms with Crippen molar-refractivity contribution in [2.45, 2.75) is 37.7 Å². The number of benzene rings is 2. The van der Waals surface area contributed by atoms with Gasteiger partial charge in [0.1, 0.15) is 29.8 Å². The van der Waals surface area contributed by atoms with E-state index in [9.17, 15) is 27.2 Å². The van der Waals surface area contributed by atoms with Crippen molar-refractivity contribution in [3.8, 4) is 0 Å². The topological polar surface area (TPSA) is 74.2 Å². The van der Waals surface area contributed by atoms with Gasteiger partial charge in [-0.25, -0.2) is 9.18 Å². The zero-order valence-corrected chi connectivity index (χ0v) is 21.2. The van der Waals surface area contributed by atoms with Crippen molar-refractivity contribution in [2.24, 2.45) is 10.4 Å². The molecule has 0 aromatic heterocycles. The molecule has 2 aromatic rings. The molecule has 3 amide bonds. The number of carbonyl (C=O) groups is 2. The van der Waals surface area contributed by atoms with E-state index in [1.54, 1.807) is 19.1 Å². The van der Waals surface area contributed by atoms with Crippen LogP contribution < -0.4 is 5.32 Å². The van der Waals surface area contributed by atoms with Crippen LogP contribution in [0.5, 0.6) is 0 Å². The Morgan fingerprint density at radius 1 is 1.05 bits per heavy atom. The van der Waals surface area contributed by atoms with Gasteiger partial charge in [-0.15, -0.1) is 0 Å². The molecule has 39 heavy (non-hydrogen) atoms. The molecular formula is C28H24F4N4O3. The molecule has 11 heteroatoms. The molecule has 4 unspecified atom stereocenters. The summed E-state index contributed by atoms with van der Waals surface area (Å²) in [5, 5.41) is 2.87. The quantitative estimate of drug-likeness (QED) is 0.435. The Labute approximate surface area is 221 Å². The van der Waals surface area contributed by atoms with E-state index < -0.39 is 52.6 Å². The van der Waals surface area contributed by atoms with Crippen molar-refractivity contribution in [3.05, 3.63) is 94.6 Å². The van der Waals surface area contributed by atoms with E-state index in [-0.39, 0.29) is 6.54 Å². The second-order valence-electron chi connectivity index (χ2n) is 10.4. The number of amides is 3. The molecule has 2 aromatic carbocycles. The summed E-state index contributed by atoms with van der Waals surface area (Å²) >= 11 is 0. The summed E-state index contributed by atoms with van der Waals surface area (Å²) in [4.78, 5) is 34.7. The van der Waals surface area contributed by atoms with E-state index in [1.807, 2.05) is 13.0 Å². The Bertz CT molecular complexity index is 1500. The Morgan fingerprint density at radius 2 is 1.77 bits per heavy atom. The third kappa shape index (κ3) is 3.63. The Morgan fingerprint density at radius 3 is 2.41 bits per heavy atom. The lowest BCUT2D eigenvalue weighted by molar-refractivity contribution is -0.137. The van der Waals surface area contributed by atoms with E-state index in [0.717, 1.165) is 12.1 Å². The van der Waals surface area contributed by atoms with Gasteiger partial charge in [-0.05, 0) is 55.3 Å². The van der Waals surface area contributed by atoms with Crippen LogP contribution in [0.3, 0.4) is 0 Å². The molecule has 0 spiro atoms. The maximum absolute atomic E-state index is 14.4. The Hall–Kier alpha value is -3.99. The van der Waals surface area contributed by atoms with Gasteiger partial charge in [-0.1, -0.05) is 30.3 Å². The molecule has 3 aliphatic heterocycles. The molecule has 0 bridgehead atoms. The number of halogens is 4. The van der Waals surface area contributed by atoms with Gasteiger partial charge < -0.3 is 10.1 Å². The highest BCUT2D eigenvalue weighted by atomic mass is 19.4. The molecule has 6 rings (SSSR count). The number of carbonyl (C=O) groups excluding carboxylic acids is 2. The number of methoxy groups -OCH3 is 1. The van der Waals surface area contributed by atoms with Crippen LogP contribution in [0.1, 0.15) is 42.6 Å². The van der Waals surface area contributed by atoms with Crippen LogP contribution in [-0.2, 0) is 15.7 Å². The molecule has 0 saturated carbocycles. The molecule has 7 nitrogen and oxygen atoms in total. The number of hydrogen-bond donors (Lipinski definition) is 1. The monoisotopic (exact) mass is 540 g/mol. The van der Waals surface area contributed by atoms with Crippen LogP contribution in [0.4, 0.5) is 22.4 Å². The van der Waals surface area contributed by atoms with E-state index in [4.69, 9.17) is 9.73 Å². The van der Waals surface area contributed by atoms with Crippen LogP contribution in [0.15, 0.2) is 77.1 Å². The van der Waals surface area contributed by atoms with Gasteiger partial charge in [0, 0.05) is 7.11 Å². The molecule has 0 radical (unpaired) electrons. The zero-order valence-electron chi connectivity index (χ0n) is 21.2. The molecular weight excluding hydrogens is 516 g/mol. The van der Waals surface area contributed by atoms with Gasteiger partial charge in [0.15, 0.2) is 0 Å². The largest absolute Gasteiger partial charge is 0.416 e. The number of aliphatic imine (C=N–C) groups is 1. The number of ether oxygens (including phenoxy) is 1. The number of hydrogen-bond acceptors (Lipinski definition) is 4. The fourth-order valence-corrected chi connectivity index (χ4v) is 5.91. The maximum atomic E-state index is 14.4. The van der Waals surface area contributed by atoms with Gasteiger partial charge in [-0.3, -0.25) is 19.6 Å². The number of amidine groups is 1.